The van der Waals surface area contributed by atoms with E-state index in [1.165, 1.54) is 11.1 Å². The maximum atomic E-state index is 12.8. The minimum absolute atomic E-state index is 0.0107. The lowest BCUT2D eigenvalue weighted by Gasteiger charge is -2.43. The van der Waals surface area contributed by atoms with Crippen molar-refractivity contribution in [3.05, 3.63) is 89.6 Å². The lowest BCUT2D eigenvalue weighted by molar-refractivity contribution is 0.0106. The monoisotopic (exact) mass is 484 g/mol. The van der Waals surface area contributed by atoms with Gasteiger partial charge in [0.2, 0.25) is 0 Å². The number of rotatable bonds is 5. The highest BCUT2D eigenvalue weighted by Crippen LogP contribution is 2.45. The molecule has 1 aliphatic heterocycles. The predicted octanol–water partition coefficient (Wildman–Crippen LogP) is 6.18. The van der Waals surface area contributed by atoms with Gasteiger partial charge >= 0.3 is 6.09 Å². The van der Waals surface area contributed by atoms with Crippen LogP contribution >= 0.6 is 0 Å². The molecule has 0 bridgehead atoms. The Balaban J connectivity index is 1.32. The molecule has 0 atom stereocenters. The van der Waals surface area contributed by atoms with Crippen LogP contribution in [0.25, 0.3) is 0 Å². The van der Waals surface area contributed by atoms with Gasteiger partial charge in [0.25, 0.3) is 0 Å². The average molecular weight is 485 g/mol. The first-order valence-corrected chi connectivity index (χ1v) is 12.8. The fraction of sp³-hybridized carbons (Fsp3) is 0.400. The van der Waals surface area contributed by atoms with Crippen molar-refractivity contribution in [3.63, 3.8) is 0 Å². The van der Waals surface area contributed by atoms with Crippen LogP contribution < -0.4 is 10.2 Å². The number of carbonyl (C=O) groups excluding carboxylic acids is 1. The van der Waals surface area contributed by atoms with Crippen molar-refractivity contribution in [1.82, 2.24) is 9.88 Å². The van der Waals surface area contributed by atoms with Gasteiger partial charge in [-0.15, -0.1) is 0 Å². The minimum atomic E-state index is -0.481. The van der Waals surface area contributed by atoms with Crippen LogP contribution in [0.3, 0.4) is 0 Å². The molecule has 36 heavy (non-hydrogen) atoms. The molecule has 5 rings (SSSR count). The molecule has 2 aromatic carbocycles. The standard InChI is InChI=1S/C30H36N4O2/c1-22-19-25(33-17-18-34(30(21-33)15-16-30)28(35)36-29(2,3)4)20-31-27(22)32-26(23-11-7-5-8-12-23)24-13-9-6-10-14-24/h5-14,19-20,26H,15-18,21H2,1-4H3,(H,31,32). The molecule has 1 spiro atoms. The summed E-state index contributed by atoms with van der Waals surface area (Å²) >= 11 is 0. The number of aryl methyl sites for hydroxylation is 1. The number of aromatic nitrogens is 1. The Kier molecular flexibility index (Phi) is 6.37. The molecule has 1 saturated carbocycles. The number of nitrogens with zero attached hydrogens (tertiary/aromatic N) is 3. The summed E-state index contributed by atoms with van der Waals surface area (Å²) in [5.74, 6) is 0.880. The van der Waals surface area contributed by atoms with Crippen molar-refractivity contribution in [2.24, 2.45) is 0 Å². The molecule has 1 N–H and O–H groups in total. The van der Waals surface area contributed by atoms with Gasteiger partial charge < -0.3 is 15.0 Å². The Morgan fingerprint density at radius 2 is 1.61 bits per heavy atom. The molecule has 2 fully saturated rings. The lowest BCUT2D eigenvalue weighted by atomic mass is 9.98. The van der Waals surface area contributed by atoms with Gasteiger partial charge in [0.15, 0.2) is 0 Å². The van der Waals surface area contributed by atoms with E-state index in [1.54, 1.807) is 0 Å². The van der Waals surface area contributed by atoms with Gasteiger partial charge in [0.05, 0.1) is 23.5 Å². The molecule has 2 heterocycles. The van der Waals surface area contributed by atoms with E-state index in [-0.39, 0.29) is 17.7 Å². The number of hydrogen-bond donors (Lipinski definition) is 1. The second-order valence-electron chi connectivity index (χ2n) is 11.0. The van der Waals surface area contributed by atoms with E-state index in [1.807, 2.05) is 44.0 Å². The summed E-state index contributed by atoms with van der Waals surface area (Å²) in [5.41, 5.74) is 4.00. The number of amides is 1. The molecule has 6 nitrogen and oxygen atoms in total. The molecule has 0 unspecified atom stereocenters. The quantitative estimate of drug-likeness (QED) is 0.469. The molecular weight excluding hydrogens is 448 g/mol. The van der Waals surface area contributed by atoms with E-state index < -0.39 is 5.60 Å². The fourth-order valence-electron chi connectivity index (χ4n) is 5.04. The maximum absolute atomic E-state index is 12.8. The molecular formula is C30H36N4O2. The third kappa shape index (κ3) is 5.18. The second kappa shape index (κ2) is 9.49. The van der Waals surface area contributed by atoms with Crippen molar-refractivity contribution < 1.29 is 9.53 Å². The summed E-state index contributed by atoms with van der Waals surface area (Å²) in [7, 11) is 0. The zero-order valence-corrected chi connectivity index (χ0v) is 21.7. The Labute approximate surface area is 214 Å². The summed E-state index contributed by atoms with van der Waals surface area (Å²) in [4.78, 5) is 22.0. The number of pyridine rings is 1. The van der Waals surface area contributed by atoms with Gasteiger partial charge in [-0.25, -0.2) is 9.78 Å². The number of piperazine rings is 1. The highest BCUT2D eigenvalue weighted by molar-refractivity contribution is 5.71. The van der Waals surface area contributed by atoms with Gasteiger partial charge in [-0.3, -0.25) is 4.90 Å². The third-order valence-corrected chi connectivity index (χ3v) is 7.07. The SMILES string of the molecule is Cc1cc(N2CCN(C(=O)OC(C)(C)C)C3(CC3)C2)cnc1NC(c1ccccc1)c1ccccc1. The number of ether oxygens (including phenoxy) is 1. The van der Waals surface area contributed by atoms with Gasteiger partial charge in [-0.2, -0.15) is 0 Å². The zero-order chi connectivity index (χ0) is 25.3. The highest BCUT2D eigenvalue weighted by Gasteiger charge is 2.54. The number of carbonyl (C=O) groups is 1. The zero-order valence-electron chi connectivity index (χ0n) is 21.7. The summed E-state index contributed by atoms with van der Waals surface area (Å²) in [6.45, 7) is 10.1. The van der Waals surface area contributed by atoms with Gasteiger partial charge in [0.1, 0.15) is 11.4 Å². The Morgan fingerprint density at radius 1 is 1.00 bits per heavy atom. The van der Waals surface area contributed by atoms with Crippen LogP contribution in [0.1, 0.15) is 56.3 Å². The smallest absolute Gasteiger partial charge is 0.410 e. The number of benzene rings is 2. The average Bonchev–Trinajstić information content (AvgIpc) is 3.62. The van der Waals surface area contributed by atoms with Gasteiger partial charge in [0, 0.05) is 19.6 Å². The van der Waals surface area contributed by atoms with Crippen LogP contribution in [0, 0.1) is 6.92 Å². The molecule has 1 amide bonds. The van der Waals surface area contributed by atoms with Crippen LogP contribution in [0.4, 0.5) is 16.3 Å². The lowest BCUT2D eigenvalue weighted by Crippen LogP contribution is -2.58. The molecule has 3 aromatic rings. The van der Waals surface area contributed by atoms with Gasteiger partial charge in [-0.05, 0) is 63.3 Å². The van der Waals surface area contributed by atoms with Crippen molar-refractivity contribution in [2.45, 2.75) is 57.7 Å². The van der Waals surface area contributed by atoms with E-state index in [0.717, 1.165) is 43.0 Å². The van der Waals surface area contributed by atoms with E-state index in [2.05, 4.69) is 71.7 Å². The molecule has 0 radical (unpaired) electrons. The van der Waals surface area contributed by atoms with Crippen molar-refractivity contribution in [1.29, 1.82) is 0 Å². The molecule has 2 aliphatic rings. The summed E-state index contributed by atoms with van der Waals surface area (Å²) < 4.78 is 5.69. The molecule has 1 aromatic heterocycles. The minimum Gasteiger partial charge on any atom is -0.444 e. The predicted molar refractivity (Wildman–Crippen MR) is 144 cm³/mol. The highest BCUT2D eigenvalue weighted by atomic mass is 16.6. The summed E-state index contributed by atoms with van der Waals surface area (Å²) in [6.07, 6.45) is 3.80. The van der Waals surface area contributed by atoms with Crippen LogP contribution in [0.5, 0.6) is 0 Å². The normalized spacial score (nSPS) is 16.8. The topological polar surface area (TPSA) is 57.7 Å². The Hall–Kier alpha value is -3.54. The van der Waals surface area contributed by atoms with E-state index in [0.29, 0.717) is 6.54 Å². The maximum Gasteiger partial charge on any atom is 0.410 e. The Morgan fingerprint density at radius 3 is 2.14 bits per heavy atom. The molecule has 1 aliphatic carbocycles. The summed E-state index contributed by atoms with van der Waals surface area (Å²) in [5, 5.41) is 3.68. The van der Waals surface area contributed by atoms with Crippen molar-refractivity contribution in [3.8, 4) is 0 Å². The number of anilines is 2. The molecule has 1 saturated heterocycles. The number of nitrogens with one attached hydrogen (secondary N) is 1. The van der Waals surface area contributed by atoms with Crippen molar-refractivity contribution >= 4 is 17.6 Å². The van der Waals surface area contributed by atoms with Crippen LogP contribution in [0.15, 0.2) is 72.9 Å². The molecule has 188 valence electrons. The first-order valence-electron chi connectivity index (χ1n) is 12.8. The van der Waals surface area contributed by atoms with E-state index in [4.69, 9.17) is 9.72 Å². The van der Waals surface area contributed by atoms with Crippen molar-refractivity contribution in [2.75, 3.05) is 29.9 Å². The van der Waals surface area contributed by atoms with E-state index >= 15 is 0 Å². The number of hydrogen-bond acceptors (Lipinski definition) is 5. The Bertz CT molecular complexity index is 1160. The first kappa shape index (κ1) is 24.2. The van der Waals surface area contributed by atoms with E-state index in [9.17, 15) is 4.79 Å². The largest absolute Gasteiger partial charge is 0.444 e. The van der Waals surface area contributed by atoms with Gasteiger partial charge in [-0.1, -0.05) is 60.7 Å². The van der Waals surface area contributed by atoms with Crippen LogP contribution in [0.2, 0.25) is 0 Å². The summed E-state index contributed by atoms with van der Waals surface area (Å²) in [6, 6.07) is 23.2. The van der Waals surface area contributed by atoms with Crippen LogP contribution in [-0.2, 0) is 4.74 Å². The molecule has 6 heteroatoms. The second-order valence-corrected chi connectivity index (χ2v) is 11.0. The third-order valence-electron chi connectivity index (χ3n) is 7.07. The van der Waals surface area contributed by atoms with Crippen LogP contribution in [-0.4, -0.2) is 46.8 Å². The fourth-order valence-corrected chi connectivity index (χ4v) is 5.04. The first-order chi connectivity index (χ1) is 17.2.